The van der Waals surface area contributed by atoms with E-state index >= 15 is 0 Å². The van der Waals surface area contributed by atoms with Gasteiger partial charge in [0.05, 0.1) is 17.6 Å². The summed E-state index contributed by atoms with van der Waals surface area (Å²) >= 11 is -1.60. The van der Waals surface area contributed by atoms with Crippen molar-refractivity contribution >= 4 is 30.5 Å². The van der Waals surface area contributed by atoms with E-state index in [9.17, 15) is 17.7 Å². The van der Waals surface area contributed by atoms with Crippen molar-refractivity contribution in [3.05, 3.63) is 29.6 Å². The zero-order valence-electron chi connectivity index (χ0n) is 23.5. The number of nitrogens with zero attached hydrogens (tertiary/aromatic N) is 2. The quantitative estimate of drug-likeness (QED) is 0.192. The largest absolute Gasteiger partial charge is 0.598 e. The number of imidazole rings is 1. The lowest BCUT2D eigenvalue weighted by Crippen LogP contribution is -2.47. The Hall–Kier alpha value is -1.15. The fourth-order valence-electron chi connectivity index (χ4n) is 3.23. The number of alkyl halides is 3. The Kier molecular flexibility index (Phi) is 10.3. The van der Waals surface area contributed by atoms with Crippen LogP contribution in [0.5, 0.6) is 0 Å². The zero-order valence-corrected chi connectivity index (χ0v) is 25.3. The summed E-state index contributed by atoms with van der Waals surface area (Å²) in [7, 11) is -1.33. The van der Waals surface area contributed by atoms with Crippen LogP contribution in [0.25, 0.3) is 11.0 Å². The molecule has 0 spiro atoms. The average molecular weight is 565 g/mol. The zero-order chi connectivity index (χ0) is 28.4. The second kappa shape index (κ2) is 11.9. The molecule has 0 fully saturated rings. The molecule has 0 aliphatic carbocycles. The topological polar surface area (TPSA) is 97.4 Å². The third kappa shape index (κ3) is 8.94. The monoisotopic (exact) mass is 564 g/mol. The van der Waals surface area contributed by atoms with Crippen LogP contribution < -0.4 is 10.5 Å². The molecule has 3 atom stereocenters. The molecule has 212 valence electrons. The van der Waals surface area contributed by atoms with Gasteiger partial charge in [-0.3, -0.25) is 0 Å². The van der Waals surface area contributed by atoms with Crippen LogP contribution in [0.15, 0.2) is 18.2 Å². The average Bonchev–Trinajstić information content (AvgIpc) is 3.09. The van der Waals surface area contributed by atoms with Crippen LogP contribution in [0.2, 0.25) is 25.7 Å². The molecule has 0 aliphatic heterocycles. The number of aromatic nitrogens is 2. The lowest BCUT2D eigenvalue weighted by atomic mass is 10.1. The molecular weight excluding hydrogens is 521 g/mol. The van der Waals surface area contributed by atoms with Crippen LogP contribution in [-0.2, 0) is 27.6 Å². The standard InChI is InChI=1S/C25H43F3N4O3SSi/c1-17(29)18-10-11-21-19(14-18)30-22(32(21)16-34-12-13-37(7,8)9)20(31-36(33)23(2,3)4)15-35-24(5,6)25(26,27)28/h10-11,14,17,20,31H,12-13,15-16,29H2,1-9H3/t17-,20+,36?/m1/s1. The van der Waals surface area contributed by atoms with Gasteiger partial charge in [0.15, 0.2) is 5.60 Å². The summed E-state index contributed by atoms with van der Waals surface area (Å²) in [6, 6.07) is 5.49. The van der Waals surface area contributed by atoms with Crippen LogP contribution >= 0.6 is 0 Å². The molecule has 0 saturated heterocycles. The molecule has 1 unspecified atom stereocenters. The van der Waals surface area contributed by atoms with E-state index in [4.69, 9.17) is 20.2 Å². The minimum absolute atomic E-state index is 0.150. The van der Waals surface area contributed by atoms with Crippen molar-refractivity contribution in [3.63, 3.8) is 0 Å². The van der Waals surface area contributed by atoms with Crippen molar-refractivity contribution in [3.8, 4) is 0 Å². The molecule has 37 heavy (non-hydrogen) atoms. The van der Waals surface area contributed by atoms with Gasteiger partial charge in [-0.05, 0) is 65.3 Å². The van der Waals surface area contributed by atoms with Crippen molar-refractivity contribution in [1.82, 2.24) is 14.3 Å². The number of ether oxygens (including phenoxy) is 2. The summed E-state index contributed by atoms with van der Waals surface area (Å²) < 4.78 is 69.2. The summed E-state index contributed by atoms with van der Waals surface area (Å²) in [5, 5.41) is 0. The Morgan fingerprint density at radius 3 is 2.30 bits per heavy atom. The molecule has 0 bridgehead atoms. The van der Waals surface area contributed by atoms with Crippen LogP contribution in [0.1, 0.15) is 65.0 Å². The molecule has 0 amide bonds. The van der Waals surface area contributed by atoms with Crippen LogP contribution in [0.3, 0.4) is 0 Å². The van der Waals surface area contributed by atoms with E-state index in [0.717, 1.165) is 31.0 Å². The van der Waals surface area contributed by atoms with Gasteiger partial charge < -0.3 is 24.3 Å². The van der Waals surface area contributed by atoms with Gasteiger partial charge in [-0.2, -0.15) is 13.2 Å². The van der Waals surface area contributed by atoms with E-state index < -0.39 is 48.6 Å². The highest BCUT2D eigenvalue weighted by Gasteiger charge is 2.49. The first-order valence-electron chi connectivity index (χ1n) is 12.4. The lowest BCUT2D eigenvalue weighted by Gasteiger charge is -2.32. The molecule has 3 N–H and O–H groups in total. The number of fused-ring (bicyclic) bond motifs is 1. The highest BCUT2D eigenvalue weighted by molar-refractivity contribution is 7.90. The third-order valence-electron chi connectivity index (χ3n) is 5.96. The fraction of sp³-hybridized carbons (Fsp3) is 0.720. The number of rotatable bonds is 12. The maximum absolute atomic E-state index is 13.6. The van der Waals surface area contributed by atoms with Gasteiger partial charge in [-0.1, -0.05) is 25.7 Å². The van der Waals surface area contributed by atoms with Crippen molar-refractivity contribution < 1.29 is 27.2 Å². The predicted molar refractivity (Wildman–Crippen MR) is 146 cm³/mol. The Morgan fingerprint density at radius 1 is 1.16 bits per heavy atom. The third-order valence-corrected chi connectivity index (χ3v) is 9.27. The van der Waals surface area contributed by atoms with E-state index in [0.29, 0.717) is 17.9 Å². The minimum Gasteiger partial charge on any atom is -0.598 e. The van der Waals surface area contributed by atoms with Crippen molar-refractivity contribution in [2.75, 3.05) is 13.2 Å². The Morgan fingerprint density at radius 2 is 1.78 bits per heavy atom. The maximum Gasteiger partial charge on any atom is 0.416 e. The predicted octanol–water partition coefficient (Wildman–Crippen LogP) is 5.82. The lowest BCUT2D eigenvalue weighted by molar-refractivity contribution is -0.265. The van der Waals surface area contributed by atoms with Crippen molar-refractivity contribution in [2.45, 2.75) is 103 Å². The van der Waals surface area contributed by atoms with Gasteiger partial charge in [0.25, 0.3) is 0 Å². The molecule has 0 aliphatic rings. The van der Waals surface area contributed by atoms with Gasteiger partial charge in [-0.25, -0.2) is 4.98 Å². The second-order valence-electron chi connectivity index (χ2n) is 12.2. The van der Waals surface area contributed by atoms with Gasteiger partial charge in [-0.15, -0.1) is 4.72 Å². The summed E-state index contributed by atoms with van der Waals surface area (Å²) in [6.07, 6.45) is -4.58. The summed E-state index contributed by atoms with van der Waals surface area (Å²) in [5.41, 5.74) is 5.91. The van der Waals surface area contributed by atoms with Gasteiger partial charge in [0, 0.05) is 32.1 Å². The summed E-state index contributed by atoms with van der Waals surface area (Å²) in [5.74, 6) is 0.389. The SMILES string of the molecule is C[C@@H](N)c1ccc2c(c1)nc([C@H](COC(C)(C)C(F)(F)F)N[S+]([O-])C(C)(C)C)n2COCC[Si](C)(C)C. The Bertz CT molecular complexity index is 1030. The number of benzene rings is 1. The van der Waals surface area contributed by atoms with Gasteiger partial charge in [0.1, 0.15) is 23.3 Å². The molecule has 0 saturated carbocycles. The van der Waals surface area contributed by atoms with E-state index in [1.54, 1.807) is 20.8 Å². The second-order valence-corrected chi connectivity index (χ2v) is 19.8. The fourth-order valence-corrected chi connectivity index (χ4v) is 4.77. The van der Waals surface area contributed by atoms with Crippen molar-refractivity contribution in [1.29, 1.82) is 0 Å². The normalized spacial score (nSPS) is 16.3. The molecule has 1 heterocycles. The van der Waals surface area contributed by atoms with Gasteiger partial charge >= 0.3 is 6.18 Å². The molecule has 2 aromatic rings. The summed E-state index contributed by atoms with van der Waals surface area (Å²) in [6.45, 7) is 16.2. The first-order chi connectivity index (χ1) is 16.7. The smallest absolute Gasteiger partial charge is 0.416 e. The van der Waals surface area contributed by atoms with Crippen LogP contribution in [0, 0.1) is 0 Å². The van der Waals surface area contributed by atoms with Crippen molar-refractivity contribution in [2.24, 2.45) is 5.73 Å². The number of hydrogen-bond acceptors (Lipinski definition) is 6. The van der Waals surface area contributed by atoms with Gasteiger partial charge in [0.2, 0.25) is 0 Å². The number of hydrogen-bond donors (Lipinski definition) is 2. The number of halogens is 3. The molecule has 1 aromatic heterocycles. The highest BCUT2D eigenvalue weighted by atomic mass is 32.2. The minimum atomic E-state index is -4.58. The molecular formula is C25H43F3N4O3SSi. The number of nitrogens with one attached hydrogen (secondary N) is 1. The molecule has 2 rings (SSSR count). The Balaban J connectivity index is 2.53. The highest BCUT2D eigenvalue weighted by Crippen LogP contribution is 2.34. The first kappa shape index (κ1) is 32.1. The number of nitrogens with two attached hydrogens (primary N) is 1. The van der Waals surface area contributed by atoms with Crippen LogP contribution in [-0.4, -0.2) is 51.9 Å². The van der Waals surface area contributed by atoms with E-state index in [2.05, 4.69) is 24.4 Å². The first-order valence-corrected chi connectivity index (χ1v) is 17.3. The maximum atomic E-state index is 13.6. The van der Waals surface area contributed by atoms with E-state index in [1.807, 2.05) is 29.7 Å². The van der Waals surface area contributed by atoms with E-state index in [1.165, 1.54) is 0 Å². The molecule has 0 radical (unpaired) electrons. The molecule has 7 nitrogen and oxygen atoms in total. The summed E-state index contributed by atoms with van der Waals surface area (Å²) in [4.78, 5) is 4.76. The molecule has 1 aromatic carbocycles. The van der Waals surface area contributed by atoms with E-state index in [-0.39, 0.29) is 12.8 Å². The molecule has 12 heteroatoms. The van der Waals surface area contributed by atoms with Crippen LogP contribution in [0.4, 0.5) is 13.2 Å². The Labute approximate surface area is 223 Å².